The number of fused-ring (bicyclic) bond motifs is 3. The maximum atomic E-state index is 11.6. The minimum atomic E-state index is 0.183. The fourth-order valence-electron chi connectivity index (χ4n) is 3.55. The minimum Gasteiger partial charge on any atom is -0.343 e. The second-order valence-electron chi connectivity index (χ2n) is 5.81. The van der Waals surface area contributed by atoms with E-state index in [1.54, 1.807) is 6.92 Å². The molecule has 0 N–H and O–H groups in total. The van der Waals surface area contributed by atoms with Crippen molar-refractivity contribution in [1.82, 2.24) is 9.80 Å². The topological polar surface area (TPSA) is 23.6 Å². The predicted molar refractivity (Wildman–Crippen MR) is 75.9 cm³/mol. The fourth-order valence-corrected chi connectivity index (χ4v) is 3.55. The third kappa shape index (κ3) is 2.27. The van der Waals surface area contributed by atoms with Gasteiger partial charge in [-0.2, -0.15) is 0 Å². The molecule has 2 aliphatic rings. The van der Waals surface area contributed by atoms with Crippen LogP contribution in [-0.4, -0.2) is 41.9 Å². The number of amides is 1. The molecule has 0 bridgehead atoms. The molecule has 2 aliphatic heterocycles. The first-order chi connectivity index (χ1) is 9.16. The van der Waals surface area contributed by atoms with Gasteiger partial charge in [-0.05, 0) is 30.4 Å². The summed E-state index contributed by atoms with van der Waals surface area (Å²) in [5.74, 6) is 0.183. The monoisotopic (exact) mass is 258 g/mol. The lowest BCUT2D eigenvalue weighted by atomic mass is 9.84. The molecule has 1 aromatic carbocycles. The summed E-state index contributed by atoms with van der Waals surface area (Å²) in [6, 6.07) is 9.69. The van der Waals surface area contributed by atoms with E-state index >= 15 is 0 Å². The van der Waals surface area contributed by atoms with Crippen LogP contribution in [0, 0.1) is 0 Å². The summed E-state index contributed by atoms with van der Waals surface area (Å²) >= 11 is 0. The number of carbonyl (C=O) groups is 1. The van der Waals surface area contributed by atoms with Crippen LogP contribution in [0.1, 0.15) is 36.9 Å². The van der Waals surface area contributed by atoms with Crippen molar-refractivity contribution >= 4 is 5.91 Å². The molecule has 0 radical (unpaired) electrons. The standard InChI is InChI=1S/C16H22N2O/c1-12(19)17(2)14-8-10-18-9-7-13-5-3-4-6-15(13)16(18)11-14/h3-6,14,16H,7-11H2,1-2H3/t14-,16+/m1/s1. The van der Waals surface area contributed by atoms with Crippen molar-refractivity contribution < 1.29 is 4.79 Å². The van der Waals surface area contributed by atoms with Gasteiger partial charge in [-0.3, -0.25) is 9.69 Å². The van der Waals surface area contributed by atoms with Gasteiger partial charge in [0.25, 0.3) is 0 Å². The number of hydrogen-bond acceptors (Lipinski definition) is 2. The summed E-state index contributed by atoms with van der Waals surface area (Å²) < 4.78 is 0. The van der Waals surface area contributed by atoms with Gasteiger partial charge in [0.2, 0.25) is 5.91 Å². The summed E-state index contributed by atoms with van der Waals surface area (Å²) in [5, 5.41) is 0. The molecule has 0 aromatic heterocycles. The minimum absolute atomic E-state index is 0.183. The molecule has 0 spiro atoms. The Kier molecular flexibility index (Phi) is 3.31. The number of nitrogens with zero attached hydrogens (tertiary/aromatic N) is 2. The number of hydrogen-bond donors (Lipinski definition) is 0. The summed E-state index contributed by atoms with van der Waals surface area (Å²) in [6.07, 6.45) is 3.35. The second-order valence-corrected chi connectivity index (χ2v) is 5.81. The van der Waals surface area contributed by atoms with Crippen molar-refractivity contribution in [3.05, 3.63) is 35.4 Å². The van der Waals surface area contributed by atoms with Crippen LogP contribution >= 0.6 is 0 Å². The molecule has 1 amide bonds. The Hall–Kier alpha value is -1.35. The van der Waals surface area contributed by atoms with Crippen LogP contribution in [-0.2, 0) is 11.2 Å². The first-order valence-corrected chi connectivity index (χ1v) is 7.22. The van der Waals surface area contributed by atoms with Gasteiger partial charge in [0.15, 0.2) is 0 Å². The molecular weight excluding hydrogens is 236 g/mol. The van der Waals surface area contributed by atoms with Gasteiger partial charge in [-0.15, -0.1) is 0 Å². The molecule has 0 unspecified atom stereocenters. The normalized spacial score (nSPS) is 26.4. The molecule has 1 aromatic rings. The van der Waals surface area contributed by atoms with Gasteiger partial charge in [0.1, 0.15) is 0 Å². The molecule has 0 saturated carbocycles. The van der Waals surface area contributed by atoms with E-state index in [0.29, 0.717) is 12.1 Å². The van der Waals surface area contributed by atoms with E-state index in [1.165, 1.54) is 17.5 Å². The molecule has 1 saturated heterocycles. The molecule has 2 heterocycles. The second kappa shape index (κ2) is 4.97. The van der Waals surface area contributed by atoms with Crippen molar-refractivity contribution in [2.24, 2.45) is 0 Å². The van der Waals surface area contributed by atoms with E-state index in [9.17, 15) is 4.79 Å². The van der Waals surface area contributed by atoms with Crippen LogP contribution in [0.3, 0.4) is 0 Å². The van der Waals surface area contributed by atoms with Crippen LogP contribution in [0.25, 0.3) is 0 Å². The summed E-state index contributed by atoms with van der Waals surface area (Å²) in [7, 11) is 1.94. The highest BCUT2D eigenvalue weighted by atomic mass is 16.2. The lowest BCUT2D eigenvalue weighted by Gasteiger charge is -2.45. The molecule has 2 atom stereocenters. The smallest absolute Gasteiger partial charge is 0.219 e. The molecule has 3 heteroatoms. The van der Waals surface area contributed by atoms with Crippen molar-refractivity contribution in [3.8, 4) is 0 Å². The van der Waals surface area contributed by atoms with Gasteiger partial charge in [-0.25, -0.2) is 0 Å². The van der Waals surface area contributed by atoms with Gasteiger partial charge in [-0.1, -0.05) is 24.3 Å². The third-order valence-electron chi connectivity index (χ3n) is 4.81. The van der Waals surface area contributed by atoms with Crippen molar-refractivity contribution in [2.45, 2.75) is 38.3 Å². The predicted octanol–water partition coefficient (Wildman–Crippen LogP) is 2.23. The lowest BCUT2D eigenvalue weighted by molar-refractivity contribution is -0.131. The van der Waals surface area contributed by atoms with Crippen LogP contribution < -0.4 is 0 Å². The highest BCUT2D eigenvalue weighted by molar-refractivity contribution is 5.73. The van der Waals surface area contributed by atoms with E-state index in [1.807, 2.05) is 11.9 Å². The highest BCUT2D eigenvalue weighted by Gasteiger charge is 2.35. The molecule has 0 aliphatic carbocycles. The number of piperidine rings is 1. The molecule has 1 fully saturated rings. The average Bonchev–Trinajstić information content (AvgIpc) is 2.45. The summed E-state index contributed by atoms with van der Waals surface area (Å²) in [4.78, 5) is 16.1. The van der Waals surface area contributed by atoms with Crippen molar-refractivity contribution in [3.63, 3.8) is 0 Å². The number of carbonyl (C=O) groups excluding carboxylic acids is 1. The average molecular weight is 258 g/mol. The van der Waals surface area contributed by atoms with E-state index in [2.05, 4.69) is 29.2 Å². The van der Waals surface area contributed by atoms with E-state index in [4.69, 9.17) is 0 Å². The Morgan fingerprint density at radius 2 is 2.11 bits per heavy atom. The van der Waals surface area contributed by atoms with Gasteiger partial charge < -0.3 is 4.90 Å². The van der Waals surface area contributed by atoms with Gasteiger partial charge in [0, 0.05) is 39.1 Å². The van der Waals surface area contributed by atoms with E-state index in [-0.39, 0.29) is 5.91 Å². The Balaban J connectivity index is 1.84. The van der Waals surface area contributed by atoms with Crippen LogP contribution in [0.4, 0.5) is 0 Å². The lowest BCUT2D eigenvalue weighted by Crippen LogP contribution is -2.48. The Morgan fingerprint density at radius 1 is 1.32 bits per heavy atom. The third-order valence-corrected chi connectivity index (χ3v) is 4.81. The van der Waals surface area contributed by atoms with Crippen LogP contribution in [0.15, 0.2) is 24.3 Å². The molecule has 3 rings (SSSR count). The Morgan fingerprint density at radius 3 is 2.89 bits per heavy atom. The first kappa shape index (κ1) is 12.7. The zero-order valence-corrected chi connectivity index (χ0v) is 11.8. The molecule has 19 heavy (non-hydrogen) atoms. The first-order valence-electron chi connectivity index (χ1n) is 7.22. The largest absolute Gasteiger partial charge is 0.343 e. The maximum Gasteiger partial charge on any atom is 0.219 e. The SMILES string of the molecule is CC(=O)N(C)[C@@H]1CCN2CCc3ccccc3[C@@H]2C1. The van der Waals surface area contributed by atoms with Gasteiger partial charge in [0.05, 0.1) is 0 Å². The van der Waals surface area contributed by atoms with Crippen molar-refractivity contribution in [2.75, 3.05) is 20.1 Å². The van der Waals surface area contributed by atoms with Crippen LogP contribution in [0.2, 0.25) is 0 Å². The van der Waals surface area contributed by atoms with E-state index < -0.39 is 0 Å². The fraction of sp³-hybridized carbons (Fsp3) is 0.562. The molecular formula is C16H22N2O. The number of benzene rings is 1. The summed E-state index contributed by atoms with van der Waals surface area (Å²) in [5.41, 5.74) is 2.98. The van der Waals surface area contributed by atoms with Gasteiger partial charge >= 0.3 is 0 Å². The Bertz CT molecular complexity index is 485. The quantitative estimate of drug-likeness (QED) is 0.771. The summed E-state index contributed by atoms with van der Waals surface area (Å²) in [6.45, 7) is 3.95. The zero-order valence-electron chi connectivity index (χ0n) is 11.8. The van der Waals surface area contributed by atoms with E-state index in [0.717, 1.165) is 25.9 Å². The van der Waals surface area contributed by atoms with Crippen molar-refractivity contribution in [1.29, 1.82) is 0 Å². The van der Waals surface area contributed by atoms with Crippen LogP contribution in [0.5, 0.6) is 0 Å². The molecule has 3 nitrogen and oxygen atoms in total. The number of rotatable bonds is 1. The highest BCUT2D eigenvalue weighted by Crippen LogP contribution is 2.37. The maximum absolute atomic E-state index is 11.6. The molecule has 102 valence electrons. The Labute approximate surface area is 115 Å². The zero-order chi connectivity index (χ0) is 13.4.